The second kappa shape index (κ2) is 5.16. The van der Waals surface area contributed by atoms with E-state index in [9.17, 15) is 4.79 Å². The van der Waals surface area contributed by atoms with Crippen LogP contribution in [-0.4, -0.2) is 24.9 Å². The highest BCUT2D eigenvalue weighted by atomic mass is 32.2. The van der Waals surface area contributed by atoms with Crippen molar-refractivity contribution in [1.29, 1.82) is 0 Å². The molecule has 9 heteroatoms. The summed E-state index contributed by atoms with van der Waals surface area (Å²) in [5.74, 6) is 1.44. The van der Waals surface area contributed by atoms with Gasteiger partial charge in [-0.3, -0.25) is 4.57 Å². The van der Waals surface area contributed by atoms with Crippen LogP contribution in [0.2, 0.25) is 0 Å². The van der Waals surface area contributed by atoms with Crippen molar-refractivity contribution in [3.05, 3.63) is 34.8 Å². The number of hydrogen-bond acceptors (Lipinski definition) is 7. The number of rotatable bonds is 5. The molecule has 1 saturated carbocycles. The second-order valence-electron chi connectivity index (χ2n) is 5.11. The Morgan fingerprint density at radius 3 is 3.09 bits per heavy atom. The third-order valence-corrected chi connectivity index (χ3v) is 4.45. The van der Waals surface area contributed by atoms with Crippen LogP contribution in [0, 0.1) is 0 Å². The zero-order valence-electron chi connectivity index (χ0n) is 11.7. The summed E-state index contributed by atoms with van der Waals surface area (Å²) in [7, 11) is 0. The molecule has 1 aliphatic carbocycles. The molecular weight excluding hydrogens is 306 g/mol. The fourth-order valence-corrected chi connectivity index (χ4v) is 3.10. The van der Waals surface area contributed by atoms with Crippen molar-refractivity contribution in [2.45, 2.75) is 36.2 Å². The monoisotopic (exact) mass is 319 g/mol. The molecule has 1 fully saturated rings. The van der Waals surface area contributed by atoms with Crippen molar-refractivity contribution < 1.29 is 8.94 Å². The lowest BCUT2D eigenvalue weighted by Crippen LogP contribution is -2.16. The highest BCUT2D eigenvalue weighted by Gasteiger charge is 2.30. The van der Waals surface area contributed by atoms with Gasteiger partial charge in [0.25, 0.3) is 0 Å². The van der Waals surface area contributed by atoms with Gasteiger partial charge in [0.1, 0.15) is 0 Å². The van der Waals surface area contributed by atoms with Crippen molar-refractivity contribution in [3.63, 3.8) is 0 Å². The number of thioether (sulfide) groups is 1. The van der Waals surface area contributed by atoms with E-state index in [2.05, 4.69) is 20.3 Å². The Bertz CT molecular complexity index is 830. The Labute approximate surface area is 128 Å². The maximum absolute atomic E-state index is 11.8. The lowest BCUT2D eigenvalue weighted by Gasteiger charge is -2.06. The molecule has 0 bridgehead atoms. The molecule has 22 heavy (non-hydrogen) atoms. The van der Waals surface area contributed by atoms with Gasteiger partial charge in [0.15, 0.2) is 10.9 Å². The molecule has 8 nitrogen and oxygen atoms in total. The third-order valence-electron chi connectivity index (χ3n) is 3.40. The minimum atomic E-state index is -0.168. The maximum Gasteiger partial charge on any atom is 0.344 e. The predicted molar refractivity (Wildman–Crippen MR) is 77.4 cm³/mol. The Kier molecular flexibility index (Phi) is 3.14. The molecule has 4 rings (SSSR count). The standard InChI is InChI=1S/C13H13N5O3S/c1-7(11-14-10(17-21-11)9-3-2-6-20-9)22-13-16-15-12(19)18(13)8-4-5-8/h2-3,6-8H,4-5H2,1H3,(H,15,19)/t7-/m0/s1. The Balaban J connectivity index is 1.55. The fourth-order valence-electron chi connectivity index (χ4n) is 2.14. The summed E-state index contributed by atoms with van der Waals surface area (Å²) in [6.45, 7) is 1.93. The van der Waals surface area contributed by atoms with E-state index in [1.165, 1.54) is 11.8 Å². The minimum absolute atomic E-state index is 0.121. The average Bonchev–Trinajstić information content (AvgIpc) is 2.97. The highest BCUT2D eigenvalue weighted by Crippen LogP contribution is 2.39. The van der Waals surface area contributed by atoms with Crippen molar-refractivity contribution in [1.82, 2.24) is 24.9 Å². The topological polar surface area (TPSA) is 103 Å². The van der Waals surface area contributed by atoms with Gasteiger partial charge in [0, 0.05) is 6.04 Å². The Morgan fingerprint density at radius 2 is 2.36 bits per heavy atom. The molecule has 1 aliphatic rings. The van der Waals surface area contributed by atoms with E-state index in [0.29, 0.717) is 22.6 Å². The molecule has 114 valence electrons. The van der Waals surface area contributed by atoms with Crippen LogP contribution >= 0.6 is 11.8 Å². The van der Waals surface area contributed by atoms with Crippen molar-refractivity contribution in [3.8, 4) is 11.6 Å². The molecule has 0 amide bonds. The van der Waals surface area contributed by atoms with E-state index in [1.54, 1.807) is 23.0 Å². The molecule has 1 N–H and O–H groups in total. The number of hydrogen-bond donors (Lipinski definition) is 1. The summed E-state index contributed by atoms with van der Waals surface area (Å²) in [6.07, 6.45) is 3.59. The van der Waals surface area contributed by atoms with E-state index < -0.39 is 0 Å². The van der Waals surface area contributed by atoms with Gasteiger partial charge in [-0.15, -0.1) is 5.10 Å². The second-order valence-corrected chi connectivity index (χ2v) is 6.41. The largest absolute Gasteiger partial charge is 0.461 e. The number of aromatic nitrogens is 5. The normalized spacial score (nSPS) is 16.0. The van der Waals surface area contributed by atoms with Gasteiger partial charge in [0.2, 0.25) is 11.7 Å². The molecule has 0 saturated heterocycles. The van der Waals surface area contributed by atoms with E-state index in [1.807, 2.05) is 6.92 Å². The quantitative estimate of drug-likeness (QED) is 0.720. The summed E-state index contributed by atoms with van der Waals surface area (Å²) < 4.78 is 12.2. The van der Waals surface area contributed by atoms with Crippen molar-refractivity contribution in [2.75, 3.05) is 0 Å². The molecule has 1 atom stereocenters. The molecule has 0 unspecified atom stereocenters. The summed E-state index contributed by atoms with van der Waals surface area (Å²) in [5.41, 5.74) is -0.168. The number of nitrogens with one attached hydrogen (secondary N) is 1. The molecule has 3 heterocycles. The van der Waals surface area contributed by atoms with E-state index >= 15 is 0 Å². The van der Waals surface area contributed by atoms with Gasteiger partial charge in [-0.2, -0.15) is 4.98 Å². The summed E-state index contributed by atoms with van der Waals surface area (Å²) in [5, 5.41) is 11.0. The molecule has 3 aromatic heterocycles. The van der Waals surface area contributed by atoms with Crippen LogP contribution in [0.25, 0.3) is 11.6 Å². The van der Waals surface area contributed by atoms with E-state index in [4.69, 9.17) is 8.94 Å². The van der Waals surface area contributed by atoms with Gasteiger partial charge in [-0.1, -0.05) is 16.9 Å². The van der Waals surface area contributed by atoms with E-state index in [-0.39, 0.29) is 17.0 Å². The van der Waals surface area contributed by atoms with Gasteiger partial charge >= 0.3 is 5.69 Å². The maximum atomic E-state index is 11.8. The van der Waals surface area contributed by atoms with Crippen LogP contribution in [0.1, 0.15) is 36.9 Å². The van der Waals surface area contributed by atoms with Crippen molar-refractivity contribution in [2.24, 2.45) is 0 Å². The predicted octanol–water partition coefficient (Wildman–Crippen LogP) is 2.40. The molecule has 3 aromatic rings. The highest BCUT2D eigenvalue weighted by molar-refractivity contribution is 7.99. The average molecular weight is 319 g/mol. The first-order valence-electron chi connectivity index (χ1n) is 6.93. The van der Waals surface area contributed by atoms with Crippen LogP contribution in [0.3, 0.4) is 0 Å². The van der Waals surface area contributed by atoms with Crippen LogP contribution in [0.5, 0.6) is 0 Å². The van der Waals surface area contributed by atoms with Crippen LogP contribution in [0.4, 0.5) is 0 Å². The zero-order valence-corrected chi connectivity index (χ0v) is 12.5. The van der Waals surface area contributed by atoms with Gasteiger partial charge in [-0.25, -0.2) is 9.89 Å². The van der Waals surface area contributed by atoms with Gasteiger partial charge < -0.3 is 8.94 Å². The van der Waals surface area contributed by atoms with Gasteiger partial charge in [0.05, 0.1) is 11.5 Å². The lowest BCUT2D eigenvalue weighted by molar-refractivity contribution is 0.379. The number of nitrogens with zero attached hydrogens (tertiary/aromatic N) is 4. The van der Waals surface area contributed by atoms with E-state index in [0.717, 1.165) is 12.8 Å². The minimum Gasteiger partial charge on any atom is -0.461 e. The first-order chi connectivity index (χ1) is 10.7. The zero-order chi connectivity index (χ0) is 15.1. The Morgan fingerprint density at radius 1 is 1.50 bits per heavy atom. The first-order valence-corrected chi connectivity index (χ1v) is 7.81. The summed E-state index contributed by atoms with van der Waals surface area (Å²) in [4.78, 5) is 16.1. The van der Waals surface area contributed by atoms with Crippen LogP contribution < -0.4 is 5.69 Å². The molecule has 0 spiro atoms. The van der Waals surface area contributed by atoms with Crippen LogP contribution in [-0.2, 0) is 0 Å². The molecule has 0 aliphatic heterocycles. The third kappa shape index (κ3) is 2.37. The van der Waals surface area contributed by atoms with Crippen LogP contribution in [0.15, 0.2) is 37.3 Å². The molecule has 0 aromatic carbocycles. The molecular formula is C13H13N5O3S. The number of aromatic amines is 1. The number of furan rings is 1. The fraction of sp³-hybridized carbons (Fsp3) is 0.385. The lowest BCUT2D eigenvalue weighted by atomic mass is 10.4. The smallest absolute Gasteiger partial charge is 0.344 e. The summed E-state index contributed by atoms with van der Waals surface area (Å²) >= 11 is 1.42. The SMILES string of the molecule is C[C@H](Sc1n[nH]c(=O)n1C1CC1)c1nc(-c2ccco2)no1. The van der Waals surface area contributed by atoms with Gasteiger partial charge in [-0.05, 0) is 31.9 Å². The molecule has 0 radical (unpaired) electrons. The first kappa shape index (κ1) is 13.4. The Hall–Kier alpha value is -2.29. The summed E-state index contributed by atoms with van der Waals surface area (Å²) in [6, 6.07) is 3.80. The number of H-pyrrole nitrogens is 1. The van der Waals surface area contributed by atoms with Crippen molar-refractivity contribution >= 4 is 11.8 Å².